The first kappa shape index (κ1) is 18.2. The number of carbonyl (C=O) groups excluding carboxylic acids is 1. The van der Waals surface area contributed by atoms with Crippen molar-refractivity contribution in [3.05, 3.63) is 51.0 Å². The fourth-order valence-corrected chi connectivity index (χ4v) is 3.83. The summed E-state index contributed by atoms with van der Waals surface area (Å²) in [6.07, 6.45) is 2.35. The third-order valence-electron chi connectivity index (χ3n) is 4.12. The molecule has 0 radical (unpaired) electrons. The highest BCUT2D eigenvalue weighted by Crippen LogP contribution is 2.34. The monoisotopic (exact) mass is 398 g/mol. The van der Waals surface area contributed by atoms with Crippen molar-refractivity contribution in [3.8, 4) is 5.75 Å². The van der Waals surface area contributed by atoms with Crippen LogP contribution in [0.2, 0.25) is 15.1 Å². The third kappa shape index (κ3) is 3.97. The van der Waals surface area contributed by atoms with Crippen molar-refractivity contribution >= 4 is 52.1 Å². The second-order valence-electron chi connectivity index (χ2n) is 5.79. The Balaban J connectivity index is 1.78. The minimum absolute atomic E-state index is 0.280. The summed E-state index contributed by atoms with van der Waals surface area (Å²) < 4.78 is 5.09. The number of anilines is 2. The largest absolute Gasteiger partial charge is 0.494 e. The summed E-state index contributed by atoms with van der Waals surface area (Å²) in [6, 6.07) is 8.55. The van der Waals surface area contributed by atoms with Crippen molar-refractivity contribution in [3.63, 3.8) is 0 Å². The first-order valence-corrected chi connectivity index (χ1v) is 9.02. The number of carbonyl (C=O) groups is 1. The molecule has 0 unspecified atom stereocenters. The molecule has 2 aromatic rings. The minimum atomic E-state index is -0.323. The van der Waals surface area contributed by atoms with Crippen LogP contribution in [0.1, 0.15) is 23.2 Å². The Hall–Kier alpha value is -1.62. The zero-order valence-corrected chi connectivity index (χ0v) is 15.9. The van der Waals surface area contributed by atoms with E-state index in [-0.39, 0.29) is 16.0 Å². The summed E-state index contributed by atoms with van der Waals surface area (Å²) in [5, 5.41) is 3.99. The summed E-state index contributed by atoms with van der Waals surface area (Å²) in [6.45, 7) is 2.02. The predicted molar refractivity (Wildman–Crippen MR) is 104 cm³/mol. The van der Waals surface area contributed by atoms with Crippen molar-refractivity contribution in [2.75, 3.05) is 30.4 Å². The number of halogens is 3. The summed E-state index contributed by atoms with van der Waals surface area (Å²) in [5.41, 5.74) is 1.95. The van der Waals surface area contributed by atoms with E-state index >= 15 is 0 Å². The van der Waals surface area contributed by atoms with Gasteiger partial charge < -0.3 is 15.0 Å². The maximum atomic E-state index is 12.4. The van der Waals surface area contributed by atoms with Gasteiger partial charge in [0, 0.05) is 24.3 Å². The van der Waals surface area contributed by atoms with Crippen LogP contribution in [0, 0.1) is 0 Å². The van der Waals surface area contributed by atoms with E-state index in [9.17, 15) is 4.79 Å². The van der Waals surface area contributed by atoms with Gasteiger partial charge >= 0.3 is 0 Å². The normalized spacial score (nSPS) is 13.8. The van der Waals surface area contributed by atoms with Gasteiger partial charge in [0.2, 0.25) is 0 Å². The van der Waals surface area contributed by atoms with Crippen LogP contribution in [0.15, 0.2) is 30.3 Å². The van der Waals surface area contributed by atoms with Gasteiger partial charge in [0.05, 0.1) is 27.9 Å². The quantitative estimate of drug-likeness (QED) is 0.737. The highest BCUT2D eigenvalue weighted by atomic mass is 35.5. The Labute approximate surface area is 161 Å². The van der Waals surface area contributed by atoms with Crippen LogP contribution in [0.5, 0.6) is 5.75 Å². The first-order valence-electron chi connectivity index (χ1n) is 7.88. The lowest BCUT2D eigenvalue weighted by Gasteiger charge is -2.19. The standard InChI is InChI=1S/C18H17Cl3N2O2/c1-25-17-14(20)8-11(9-15(17)21)18(24)22-12-4-5-16(13(19)10-12)23-6-2-3-7-23/h4-5,8-10H,2-3,6-7H2,1H3,(H,22,24). The van der Waals surface area contributed by atoms with Crippen LogP contribution in [0.4, 0.5) is 11.4 Å². The van der Waals surface area contributed by atoms with Gasteiger partial charge in [-0.3, -0.25) is 4.79 Å². The third-order valence-corrected chi connectivity index (χ3v) is 4.98. The van der Waals surface area contributed by atoms with Gasteiger partial charge in [-0.05, 0) is 43.2 Å². The van der Waals surface area contributed by atoms with Crippen molar-refractivity contribution in [2.45, 2.75) is 12.8 Å². The molecule has 132 valence electrons. The number of benzene rings is 2. The molecule has 0 aromatic heterocycles. The van der Waals surface area contributed by atoms with Gasteiger partial charge in [-0.1, -0.05) is 34.8 Å². The SMILES string of the molecule is COc1c(Cl)cc(C(=O)Nc2ccc(N3CCCC3)c(Cl)c2)cc1Cl. The Morgan fingerprint density at radius 2 is 1.68 bits per heavy atom. The molecule has 4 nitrogen and oxygen atoms in total. The van der Waals surface area contributed by atoms with Crippen molar-refractivity contribution < 1.29 is 9.53 Å². The Kier molecular flexibility index (Phi) is 5.62. The number of nitrogens with zero attached hydrogens (tertiary/aromatic N) is 1. The van der Waals surface area contributed by atoms with Crippen LogP contribution >= 0.6 is 34.8 Å². The lowest BCUT2D eigenvalue weighted by molar-refractivity contribution is 0.102. The van der Waals surface area contributed by atoms with Crippen molar-refractivity contribution in [1.29, 1.82) is 0 Å². The Morgan fingerprint density at radius 1 is 1.04 bits per heavy atom. The minimum Gasteiger partial charge on any atom is -0.494 e. The van der Waals surface area contributed by atoms with Gasteiger partial charge in [-0.25, -0.2) is 0 Å². The summed E-state index contributed by atoms with van der Waals surface area (Å²) in [4.78, 5) is 14.7. The van der Waals surface area contributed by atoms with Crippen LogP contribution in [-0.2, 0) is 0 Å². The molecule has 3 rings (SSSR count). The number of nitrogens with one attached hydrogen (secondary N) is 1. The van der Waals surface area contributed by atoms with Crippen LogP contribution in [0.25, 0.3) is 0 Å². The molecule has 1 aliphatic heterocycles. The highest BCUT2D eigenvalue weighted by molar-refractivity contribution is 6.38. The van der Waals surface area contributed by atoms with E-state index in [4.69, 9.17) is 39.5 Å². The molecule has 0 bridgehead atoms. The van der Waals surface area contributed by atoms with E-state index in [2.05, 4.69) is 10.2 Å². The highest BCUT2D eigenvalue weighted by Gasteiger charge is 2.17. The lowest BCUT2D eigenvalue weighted by Crippen LogP contribution is -2.18. The predicted octanol–water partition coefficient (Wildman–Crippen LogP) is 5.51. The molecule has 1 fully saturated rings. The molecule has 25 heavy (non-hydrogen) atoms. The smallest absolute Gasteiger partial charge is 0.255 e. The van der Waals surface area contributed by atoms with E-state index in [1.54, 1.807) is 6.07 Å². The fraction of sp³-hybridized carbons (Fsp3) is 0.278. The number of ether oxygens (including phenoxy) is 1. The average molecular weight is 400 g/mol. The molecule has 7 heteroatoms. The Bertz CT molecular complexity index is 782. The van der Waals surface area contributed by atoms with Crippen LogP contribution in [-0.4, -0.2) is 26.1 Å². The van der Waals surface area contributed by atoms with E-state index in [1.807, 2.05) is 12.1 Å². The second kappa shape index (κ2) is 7.73. The molecule has 1 amide bonds. The maximum absolute atomic E-state index is 12.4. The number of hydrogen-bond acceptors (Lipinski definition) is 3. The molecule has 1 heterocycles. The van der Waals surface area contributed by atoms with Gasteiger partial charge in [0.15, 0.2) is 5.75 Å². The average Bonchev–Trinajstić information content (AvgIpc) is 3.08. The molecule has 2 aromatic carbocycles. The van der Waals surface area contributed by atoms with Gasteiger partial charge in [0.25, 0.3) is 5.91 Å². The van der Waals surface area contributed by atoms with E-state index in [0.29, 0.717) is 22.0 Å². The van der Waals surface area contributed by atoms with Gasteiger partial charge in [0.1, 0.15) is 0 Å². The number of methoxy groups -OCH3 is 1. The number of hydrogen-bond donors (Lipinski definition) is 1. The molecule has 0 aliphatic carbocycles. The Morgan fingerprint density at radius 3 is 2.24 bits per heavy atom. The molecule has 1 saturated heterocycles. The molecular formula is C18H17Cl3N2O2. The fourth-order valence-electron chi connectivity index (χ4n) is 2.89. The summed E-state index contributed by atoms with van der Waals surface area (Å²) >= 11 is 18.5. The van der Waals surface area contributed by atoms with Crippen molar-refractivity contribution in [2.24, 2.45) is 0 Å². The zero-order chi connectivity index (χ0) is 18.0. The lowest BCUT2D eigenvalue weighted by atomic mass is 10.2. The molecule has 0 saturated carbocycles. The molecule has 1 aliphatic rings. The van der Waals surface area contributed by atoms with E-state index in [1.165, 1.54) is 32.1 Å². The van der Waals surface area contributed by atoms with Crippen molar-refractivity contribution in [1.82, 2.24) is 0 Å². The molecule has 1 N–H and O–H groups in total. The molecular weight excluding hydrogens is 383 g/mol. The second-order valence-corrected chi connectivity index (χ2v) is 7.01. The summed E-state index contributed by atoms with van der Waals surface area (Å²) in [7, 11) is 1.47. The topological polar surface area (TPSA) is 41.6 Å². The zero-order valence-electron chi connectivity index (χ0n) is 13.6. The number of rotatable bonds is 4. The number of amides is 1. The van der Waals surface area contributed by atoms with E-state index in [0.717, 1.165) is 18.8 Å². The van der Waals surface area contributed by atoms with Gasteiger partial charge in [-0.15, -0.1) is 0 Å². The first-order chi connectivity index (χ1) is 12.0. The van der Waals surface area contributed by atoms with E-state index < -0.39 is 0 Å². The molecule has 0 atom stereocenters. The van der Waals surface area contributed by atoms with Gasteiger partial charge in [-0.2, -0.15) is 0 Å². The maximum Gasteiger partial charge on any atom is 0.255 e. The van der Waals surface area contributed by atoms with Crippen LogP contribution in [0.3, 0.4) is 0 Å². The molecule has 0 spiro atoms. The van der Waals surface area contributed by atoms with Crippen LogP contribution < -0.4 is 15.0 Å². The summed E-state index contributed by atoms with van der Waals surface area (Å²) in [5.74, 6) is 0.0225.